The van der Waals surface area contributed by atoms with E-state index in [-0.39, 0.29) is 5.56 Å². The van der Waals surface area contributed by atoms with Crippen molar-refractivity contribution in [3.8, 4) is 5.75 Å². The smallest absolute Gasteiger partial charge is 0.468 e. The average Bonchev–Trinajstić information content (AvgIpc) is 2.38. The molecular formula is C12H11F3O5. The van der Waals surface area contributed by atoms with Crippen LogP contribution in [-0.4, -0.2) is 32.5 Å². The predicted octanol–water partition coefficient (Wildman–Crippen LogP) is 2.01. The lowest BCUT2D eigenvalue weighted by molar-refractivity contribution is -0.274. The third-order valence-corrected chi connectivity index (χ3v) is 2.32. The van der Waals surface area contributed by atoms with E-state index in [0.717, 1.165) is 38.5 Å². The molecule has 0 aliphatic rings. The lowest BCUT2D eigenvalue weighted by atomic mass is 9.99. The summed E-state index contributed by atoms with van der Waals surface area (Å²) < 4.78 is 48.6. The van der Waals surface area contributed by atoms with Crippen LogP contribution in [0.4, 0.5) is 13.2 Å². The van der Waals surface area contributed by atoms with Gasteiger partial charge in [0.15, 0.2) is 5.92 Å². The second kappa shape index (κ2) is 6.27. The fraction of sp³-hybridized carbons (Fsp3) is 0.333. The quantitative estimate of drug-likeness (QED) is 0.627. The maximum Gasteiger partial charge on any atom is 0.573 e. The molecule has 0 atom stereocenters. The van der Waals surface area contributed by atoms with Gasteiger partial charge in [0, 0.05) is 0 Å². The molecule has 0 saturated heterocycles. The van der Waals surface area contributed by atoms with Crippen LogP contribution in [0.25, 0.3) is 0 Å². The standard InChI is InChI=1S/C12H11F3O5/c1-18-10(16)9(11(17)19-2)7-3-5-8(6-4-7)20-12(13,14)15/h3-6,9H,1-2H3. The summed E-state index contributed by atoms with van der Waals surface area (Å²) in [4.78, 5) is 23.0. The fourth-order valence-corrected chi connectivity index (χ4v) is 1.47. The topological polar surface area (TPSA) is 61.8 Å². The number of rotatable bonds is 4. The van der Waals surface area contributed by atoms with Crippen LogP contribution in [0.3, 0.4) is 0 Å². The maximum absolute atomic E-state index is 12.0. The van der Waals surface area contributed by atoms with Gasteiger partial charge < -0.3 is 14.2 Å². The minimum Gasteiger partial charge on any atom is -0.468 e. The first-order valence-electron chi connectivity index (χ1n) is 5.30. The van der Waals surface area contributed by atoms with Crippen molar-refractivity contribution in [2.45, 2.75) is 12.3 Å². The highest BCUT2D eigenvalue weighted by Gasteiger charge is 2.33. The third kappa shape index (κ3) is 4.15. The molecular weight excluding hydrogens is 281 g/mol. The summed E-state index contributed by atoms with van der Waals surface area (Å²) in [5.41, 5.74) is 0.137. The molecule has 110 valence electrons. The van der Waals surface area contributed by atoms with Crippen LogP contribution in [0, 0.1) is 0 Å². The summed E-state index contributed by atoms with van der Waals surface area (Å²) >= 11 is 0. The Bertz CT molecular complexity index is 465. The second-order valence-corrected chi connectivity index (χ2v) is 3.60. The van der Waals surface area contributed by atoms with Gasteiger partial charge in [0.05, 0.1) is 14.2 Å². The van der Waals surface area contributed by atoms with Crippen molar-refractivity contribution in [1.29, 1.82) is 0 Å². The SMILES string of the molecule is COC(=O)C(C(=O)OC)c1ccc(OC(F)(F)F)cc1. The molecule has 8 heteroatoms. The van der Waals surface area contributed by atoms with Crippen LogP contribution in [0.2, 0.25) is 0 Å². The van der Waals surface area contributed by atoms with Crippen molar-refractivity contribution in [1.82, 2.24) is 0 Å². The number of hydrogen-bond donors (Lipinski definition) is 0. The first-order chi connectivity index (χ1) is 9.28. The molecule has 5 nitrogen and oxygen atoms in total. The minimum absolute atomic E-state index is 0.137. The Balaban J connectivity index is 2.99. The second-order valence-electron chi connectivity index (χ2n) is 3.60. The van der Waals surface area contributed by atoms with Crippen molar-refractivity contribution in [3.63, 3.8) is 0 Å². The van der Waals surface area contributed by atoms with E-state index >= 15 is 0 Å². The van der Waals surface area contributed by atoms with Crippen LogP contribution >= 0.6 is 0 Å². The number of hydrogen-bond acceptors (Lipinski definition) is 5. The molecule has 0 aliphatic heterocycles. The minimum atomic E-state index is -4.81. The highest BCUT2D eigenvalue weighted by Crippen LogP contribution is 2.26. The summed E-state index contributed by atoms with van der Waals surface area (Å²) in [5.74, 6) is -3.57. The molecule has 0 N–H and O–H groups in total. The van der Waals surface area contributed by atoms with Gasteiger partial charge in [-0.05, 0) is 17.7 Å². The highest BCUT2D eigenvalue weighted by atomic mass is 19.4. The number of carbonyl (C=O) groups is 2. The number of halogens is 3. The number of esters is 2. The van der Waals surface area contributed by atoms with E-state index in [1.807, 2.05) is 0 Å². The van der Waals surface area contributed by atoms with Crippen molar-refractivity contribution in [3.05, 3.63) is 29.8 Å². The van der Waals surface area contributed by atoms with Crippen LogP contribution in [0.15, 0.2) is 24.3 Å². The van der Waals surface area contributed by atoms with E-state index in [1.54, 1.807) is 0 Å². The van der Waals surface area contributed by atoms with Gasteiger partial charge in [-0.25, -0.2) is 0 Å². The summed E-state index contributed by atoms with van der Waals surface area (Å²) in [6.45, 7) is 0. The van der Waals surface area contributed by atoms with Crippen LogP contribution in [-0.2, 0) is 19.1 Å². The lowest BCUT2D eigenvalue weighted by Crippen LogP contribution is -2.24. The predicted molar refractivity (Wildman–Crippen MR) is 59.9 cm³/mol. The first kappa shape index (κ1) is 15.8. The number of carbonyl (C=O) groups excluding carboxylic acids is 2. The molecule has 0 fully saturated rings. The Labute approximate surface area is 112 Å². The Morgan fingerprint density at radius 2 is 1.45 bits per heavy atom. The molecule has 0 aromatic heterocycles. The van der Waals surface area contributed by atoms with Crippen molar-refractivity contribution in [2.75, 3.05) is 14.2 Å². The van der Waals surface area contributed by atoms with E-state index < -0.39 is 30.0 Å². The zero-order valence-electron chi connectivity index (χ0n) is 10.6. The van der Waals surface area contributed by atoms with Gasteiger partial charge in [0.1, 0.15) is 5.75 Å². The van der Waals surface area contributed by atoms with E-state index in [4.69, 9.17) is 0 Å². The lowest BCUT2D eigenvalue weighted by Gasteiger charge is -2.14. The molecule has 0 unspecified atom stereocenters. The summed E-state index contributed by atoms with van der Waals surface area (Å²) in [7, 11) is 2.17. The molecule has 1 rings (SSSR count). The normalized spacial score (nSPS) is 11.1. The van der Waals surface area contributed by atoms with Crippen LogP contribution in [0.5, 0.6) is 5.75 Å². The van der Waals surface area contributed by atoms with Crippen molar-refractivity contribution < 1.29 is 37.0 Å². The summed E-state index contributed by atoms with van der Waals surface area (Å²) in [6, 6.07) is 4.28. The molecule has 1 aromatic rings. The molecule has 0 amide bonds. The van der Waals surface area contributed by atoms with E-state index in [9.17, 15) is 22.8 Å². The number of alkyl halides is 3. The monoisotopic (exact) mass is 292 g/mol. The van der Waals surface area contributed by atoms with Gasteiger partial charge in [0.2, 0.25) is 0 Å². The number of ether oxygens (including phenoxy) is 3. The molecule has 0 bridgehead atoms. The van der Waals surface area contributed by atoms with Gasteiger partial charge in [-0.2, -0.15) is 0 Å². The first-order valence-corrected chi connectivity index (χ1v) is 5.30. The zero-order valence-corrected chi connectivity index (χ0v) is 10.6. The van der Waals surface area contributed by atoms with Gasteiger partial charge in [-0.1, -0.05) is 12.1 Å². The highest BCUT2D eigenvalue weighted by molar-refractivity contribution is 6.00. The largest absolute Gasteiger partial charge is 0.573 e. The Kier molecular flexibility index (Phi) is 4.95. The van der Waals surface area contributed by atoms with E-state index in [1.165, 1.54) is 0 Å². The van der Waals surface area contributed by atoms with Gasteiger partial charge in [-0.3, -0.25) is 9.59 Å². The average molecular weight is 292 g/mol. The Morgan fingerprint density at radius 1 is 1.00 bits per heavy atom. The molecule has 0 aliphatic carbocycles. The van der Waals surface area contributed by atoms with E-state index in [0.29, 0.717) is 0 Å². The van der Waals surface area contributed by atoms with Gasteiger partial charge >= 0.3 is 18.3 Å². The van der Waals surface area contributed by atoms with Crippen molar-refractivity contribution in [2.24, 2.45) is 0 Å². The number of methoxy groups -OCH3 is 2. The molecule has 0 radical (unpaired) electrons. The third-order valence-electron chi connectivity index (χ3n) is 2.32. The molecule has 0 spiro atoms. The van der Waals surface area contributed by atoms with Crippen LogP contribution < -0.4 is 4.74 Å². The van der Waals surface area contributed by atoms with E-state index in [2.05, 4.69) is 14.2 Å². The Morgan fingerprint density at radius 3 is 1.80 bits per heavy atom. The van der Waals surface area contributed by atoms with Gasteiger partial charge in [-0.15, -0.1) is 13.2 Å². The molecule has 0 saturated carbocycles. The van der Waals surface area contributed by atoms with Gasteiger partial charge in [0.25, 0.3) is 0 Å². The number of benzene rings is 1. The fourth-order valence-electron chi connectivity index (χ4n) is 1.47. The Hall–Kier alpha value is -2.25. The molecule has 0 heterocycles. The molecule has 1 aromatic carbocycles. The summed E-state index contributed by atoms with van der Waals surface area (Å²) in [5, 5.41) is 0. The maximum atomic E-state index is 12.0. The van der Waals surface area contributed by atoms with Crippen molar-refractivity contribution >= 4 is 11.9 Å². The zero-order chi connectivity index (χ0) is 15.3. The molecule has 20 heavy (non-hydrogen) atoms. The summed E-state index contributed by atoms with van der Waals surface area (Å²) in [6.07, 6.45) is -4.81. The van der Waals surface area contributed by atoms with Crippen LogP contribution in [0.1, 0.15) is 11.5 Å².